The number of aromatic nitrogens is 3. The Morgan fingerprint density at radius 1 is 1.09 bits per heavy atom. The van der Waals surface area contributed by atoms with E-state index >= 15 is 4.39 Å². The largest absolute Gasteiger partial charge is 0.491 e. The summed E-state index contributed by atoms with van der Waals surface area (Å²) in [6, 6.07) is 20.4. The third-order valence-electron chi connectivity index (χ3n) is 7.45. The minimum atomic E-state index is -0.714. The first-order valence-electron chi connectivity index (χ1n) is 14.5. The summed E-state index contributed by atoms with van der Waals surface area (Å²) in [5.74, 6) is 0.756. The normalized spacial score (nSPS) is 11.8. The number of benzene rings is 3. The van der Waals surface area contributed by atoms with Crippen LogP contribution in [-0.4, -0.2) is 46.0 Å². The smallest absolute Gasteiger partial charge is 0.223 e. The molecule has 222 valence electrons. The lowest BCUT2D eigenvalue weighted by Crippen LogP contribution is -2.24. The average molecular weight is 581 g/mol. The number of nitrogens with one attached hydrogen (secondary N) is 1. The summed E-state index contributed by atoms with van der Waals surface area (Å²) >= 11 is 0. The van der Waals surface area contributed by atoms with Crippen LogP contribution in [0.3, 0.4) is 0 Å². The van der Waals surface area contributed by atoms with Crippen molar-refractivity contribution in [2.24, 2.45) is 0 Å². The van der Waals surface area contributed by atoms with Gasteiger partial charge in [0.05, 0.1) is 12.3 Å². The fourth-order valence-corrected chi connectivity index (χ4v) is 5.12. The molecule has 43 heavy (non-hydrogen) atoms. The van der Waals surface area contributed by atoms with Crippen LogP contribution in [0.25, 0.3) is 22.0 Å². The Hall–Kier alpha value is -4.92. The molecule has 3 N–H and O–H groups in total. The molecule has 0 spiro atoms. The van der Waals surface area contributed by atoms with E-state index in [1.54, 1.807) is 31.3 Å². The molecule has 8 nitrogen and oxygen atoms in total. The van der Waals surface area contributed by atoms with Crippen LogP contribution in [0.2, 0.25) is 0 Å². The van der Waals surface area contributed by atoms with Crippen LogP contribution in [0.5, 0.6) is 5.75 Å². The predicted molar refractivity (Wildman–Crippen MR) is 170 cm³/mol. The Balaban J connectivity index is 1.69. The van der Waals surface area contributed by atoms with E-state index in [4.69, 9.17) is 15.5 Å². The van der Waals surface area contributed by atoms with Crippen LogP contribution in [0.4, 0.5) is 15.9 Å². The lowest BCUT2D eigenvalue weighted by Gasteiger charge is -2.24. The molecule has 0 fully saturated rings. The molecule has 0 bridgehead atoms. The number of fused-ring (bicyclic) bond motifs is 1. The number of imidazole rings is 1. The van der Waals surface area contributed by atoms with Crippen molar-refractivity contribution in [3.63, 3.8) is 0 Å². The third-order valence-corrected chi connectivity index (χ3v) is 7.45. The maximum atomic E-state index is 16.3. The molecular weight excluding hydrogens is 543 g/mol. The van der Waals surface area contributed by atoms with Crippen LogP contribution in [0.15, 0.2) is 79.1 Å². The van der Waals surface area contributed by atoms with E-state index in [0.717, 1.165) is 33.3 Å². The van der Waals surface area contributed by atoms with Crippen molar-refractivity contribution in [2.75, 3.05) is 31.8 Å². The number of hydrogen-bond donors (Lipinski definition) is 2. The summed E-state index contributed by atoms with van der Waals surface area (Å²) in [6.45, 7) is 4.57. The SMILES string of the molecule is CCOc1cc(CC)cc(C(Nc2ccc3c(N)nccc3c2)c2nc(-c3ccccc3)cn2CCC(=O)N(C)C)c1F. The zero-order valence-corrected chi connectivity index (χ0v) is 25.0. The number of anilines is 2. The lowest BCUT2D eigenvalue weighted by atomic mass is 9.99. The first-order valence-corrected chi connectivity index (χ1v) is 14.5. The molecule has 1 atom stereocenters. The summed E-state index contributed by atoms with van der Waals surface area (Å²) in [5.41, 5.74) is 9.85. The van der Waals surface area contributed by atoms with Crippen LogP contribution in [-0.2, 0) is 17.8 Å². The standard InChI is InChI=1S/C34H37FN6O2/c1-5-22-18-27(31(35)29(19-22)43-6-2)32(38-25-12-13-26-24(20-25)14-16-37-33(26)36)34-39-28(23-10-8-7-9-11-23)21-41(34)17-15-30(42)40(3)4/h7-14,16,18-21,32,38H,5-6,15,17H2,1-4H3,(H2,36,37). The number of aryl methyl sites for hydroxylation is 2. The molecule has 0 saturated carbocycles. The van der Waals surface area contributed by atoms with E-state index in [1.165, 1.54) is 0 Å². The highest BCUT2D eigenvalue weighted by molar-refractivity contribution is 5.93. The van der Waals surface area contributed by atoms with E-state index in [-0.39, 0.29) is 18.1 Å². The van der Waals surface area contributed by atoms with Crippen LogP contribution >= 0.6 is 0 Å². The highest BCUT2D eigenvalue weighted by Crippen LogP contribution is 2.36. The van der Waals surface area contributed by atoms with Gasteiger partial charge in [-0.25, -0.2) is 14.4 Å². The molecule has 0 saturated heterocycles. The van der Waals surface area contributed by atoms with E-state index in [9.17, 15) is 4.79 Å². The first-order chi connectivity index (χ1) is 20.8. The zero-order chi connectivity index (χ0) is 30.5. The fraction of sp³-hybridized carbons (Fsp3) is 0.265. The van der Waals surface area contributed by atoms with Crippen molar-refractivity contribution >= 4 is 28.2 Å². The van der Waals surface area contributed by atoms with Crippen molar-refractivity contribution in [2.45, 2.75) is 39.3 Å². The molecule has 5 aromatic rings. The van der Waals surface area contributed by atoms with Crippen molar-refractivity contribution < 1.29 is 13.9 Å². The summed E-state index contributed by atoms with van der Waals surface area (Å²) in [7, 11) is 3.47. The van der Waals surface area contributed by atoms with Gasteiger partial charge in [0.1, 0.15) is 17.7 Å². The van der Waals surface area contributed by atoms with Crippen LogP contribution < -0.4 is 15.8 Å². The second-order valence-corrected chi connectivity index (χ2v) is 10.6. The van der Waals surface area contributed by atoms with Gasteiger partial charge >= 0.3 is 0 Å². The van der Waals surface area contributed by atoms with Gasteiger partial charge in [0.15, 0.2) is 11.6 Å². The summed E-state index contributed by atoms with van der Waals surface area (Å²) in [4.78, 5) is 23.4. The maximum Gasteiger partial charge on any atom is 0.223 e. The van der Waals surface area contributed by atoms with Gasteiger partial charge < -0.3 is 25.3 Å². The molecule has 0 aliphatic heterocycles. The number of nitrogens with two attached hydrogens (primary N) is 1. The number of pyridine rings is 1. The summed E-state index contributed by atoms with van der Waals surface area (Å²) in [5, 5.41) is 5.30. The number of amides is 1. The number of hydrogen-bond acceptors (Lipinski definition) is 6. The minimum absolute atomic E-state index is 0.0102. The van der Waals surface area contributed by atoms with Crippen molar-refractivity contribution in [3.05, 3.63) is 102 Å². The van der Waals surface area contributed by atoms with Crippen molar-refractivity contribution in [3.8, 4) is 17.0 Å². The number of rotatable bonds is 11. The van der Waals surface area contributed by atoms with Gasteiger partial charge in [-0.3, -0.25) is 4.79 Å². The topological polar surface area (TPSA) is 98.3 Å². The Morgan fingerprint density at radius 3 is 2.60 bits per heavy atom. The quantitative estimate of drug-likeness (QED) is 0.186. The summed E-state index contributed by atoms with van der Waals surface area (Å²) in [6.07, 6.45) is 4.56. The predicted octanol–water partition coefficient (Wildman–Crippen LogP) is 6.46. The van der Waals surface area contributed by atoms with E-state index in [0.29, 0.717) is 36.8 Å². The number of ether oxygens (including phenoxy) is 1. The van der Waals surface area contributed by atoms with Gasteiger partial charge in [-0.1, -0.05) is 43.3 Å². The van der Waals surface area contributed by atoms with Gasteiger partial charge in [0.25, 0.3) is 0 Å². The highest BCUT2D eigenvalue weighted by Gasteiger charge is 2.27. The first kappa shape index (κ1) is 29.6. The molecule has 2 aromatic heterocycles. The van der Waals surface area contributed by atoms with Gasteiger partial charge in [0.2, 0.25) is 5.91 Å². The Morgan fingerprint density at radius 2 is 1.88 bits per heavy atom. The zero-order valence-electron chi connectivity index (χ0n) is 25.0. The number of carbonyl (C=O) groups excluding carboxylic acids is 1. The lowest BCUT2D eigenvalue weighted by molar-refractivity contribution is -0.128. The number of nitrogen functional groups attached to an aromatic ring is 1. The van der Waals surface area contributed by atoms with Crippen molar-refractivity contribution in [1.82, 2.24) is 19.4 Å². The molecule has 1 amide bonds. The fourth-order valence-electron chi connectivity index (χ4n) is 5.12. The Bertz CT molecular complexity index is 1730. The molecule has 0 radical (unpaired) electrons. The molecular formula is C34H37FN6O2. The molecule has 9 heteroatoms. The van der Waals surface area contributed by atoms with E-state index < -0.39 is 11.9 Å². The molecule has 3 aromatic carbocycles. The van der Waals surface area contributed by atoms with E-state index in [1.807, 2.05) is 85.3 Å². The van der Waals surface area contributed by atoms with Crippen molar-refractivity contribution in [1.29, 1.82) is 0 Å². The van der Waals surface area contributed by atoms with Crippen LogP contribution in [0, 0.1) is 5.82 Å². The Kier molecular flexibility index (Phi) is 8.90. The van der Waals surface area contributed by atoms with Crippen LogP contribution in [0.1, 0.15) is 43.3 Å². The number of halogens is 1. The molecule has 1 unspecified atom stereocenters. The number of carbonyl (C=O) groups is 1. The maximum absolute atomic E-state index is 16.3. The second kappa shape index (κ2) is 12.9. The monoisotopic (exact) mass is 580 g/mol. The molecule has 2 heterocycles. The van der Waals surface area contributed by atoms with E-state index in [2.05, 4.69) is 10.3 Å². The molecule has 5 rings (SSSR count). The van der Waals surface area contributed by atoms with Gasteiger partial charge in [-0.15, -0.1) is 0 Å². The van der Waals surface area contributed by atoms with Gasteiger partial charge in [-0.05, 0) is 54.6 Å². The minimum Gasteiger partial charge on any atom is -0.491 e. The third kappa shape index (κ3) is 6.45. The highest BCUT2D eigenvalue weighted by atomic mass is 19.1. The van der Waals surface area contributed by atoms with Gasteiger partial charge in [0, 0.05) is 61.7 Å². The average Bonchev–Trinajstić information content (AvgIpc) is 3.44. The number of nitrogens with zero attached hydrogens (tertiary/aromatic N) is 4. The molecule has 0 aliphatic carbocycles. The summed E-state index contributed by atoms with van der Waals surface area (Å²) < 4.78 is 24.0. The van der Waals surface area contributed by atoms with Gasteiger partial charge in [-0.2, -0.15) is 0 Å². The Labute approximate surface area is 251 Å². The molecule has 0 aliphatic rings. The second-order valence-electron chi connectivity index (χ2n) is 10.6.